The van der Waals surface area contributed by atoms with Crippen molar-refractivity contribution in [3.8, 4) is 33.4 Å². The van der Waals surface area contributed by atoms with Crippen LogP contribution in [0.1, 0.15) is 87.5 Å². The van der Waals surface area contributed by atoms with Gasteiger partial charge in [0.15, 0.2) is 0 Å². The van der Waals surface area contributed by atoms with Crippen molar-refractivity contribution in [1.82, 2.24) is 0 Å². The highest BCUT2D eigenvalue weighted by Gasteiger charge is 2.57. The molecule has 3 saturated carbocycles. The van der Waals surface area contributed by atoms with Crippen LogP contribution >= 0.6 is 0 Å². The first-order chi connectivity index (χ1) is 27.1. The van der Waals surface area contributed by atoms with Gasteiger partial charge in [0.1, 0.15) is 0 Å². The van der Waals surface area contributed by atoms with Gasteiger partial charge < -0.3 is 4.90 Å². The number of allylic oxidation sites excluding steroid dienone is 1. The third-order valence-electron chi connectivity index (χ3n) is 15.2. The second kappa shape index (κ2) is 12.4. The summed E-state index contributed by atoms with van der Waals surface area (Å²) in [5.41, 5.74) is 19.3. The van der Waals surface area contributed by atoms with E-state index >= 15 is 0 Å². The van der Waals surface area contributed by atoms with Gasteiger partial charge in [-0.2, -0.15) is 0 Å². The van der Waals surface area contributed by atoms with E-state index in [1.807, 2.05) is 0 Å². The topological polar surface area (TPSA) is 3.24 Å². The predicted molar refractivity (Wildman–Crippen MR) is 230 cm³/mol. The van der Waals surface area contributed by atoms with Gasteiger partial charge in [0, 0.05) is 22.2 Å². The fourth-order valence-electron chi connectivity index (χ4n) is 13.0. The zero-order valence-corrected chi connectivity index (χ0v) is 32.4. The summed E-state index contributed by atoms with van der Waals surface area (Å²) in [6, 6.07) is 53.6. The summed E-state index contributed by atoms with van der Waals surface area (Å²) in [7, 11) is 0. The minimum absolute atomic E-state index is 0.166. The monoisotopic (exact) mass is 713 g/mol. The van der Waals surface area contributed by atoms with Gasteiger partial charge >= 0.3 is 0 Å². The normalized spacial score (nSPS) is 26.6. The molecule has 2 bridgehead atoms. The van der Waals surface area contributed by atoms with Crippen molar-refractivity contribution >= 4 is 17.1 Å². The molecule has 55 heavy (non-hydrogen) atoms. The second-order valence-electron chi connectivity index (χ2n) is 17.6. The van der Waals surface area contributed by atoms with E-state index in [2.05, 4.69) is 158 Å². The Labute approximate surface area is 327 Å². The average Bonchev–Trinajstić information content (AvgIpc) is 4.00. The van der Waals surface area contributed by atoms with E-state index in [9.17, 15) is 0 Å². The third-order valence-corrected chi connectivity index (χ3v) is 15.2. The molecule has 11 rings (SSSR count). The van der Waals surface area contributed by atoms with Crippen LogP contribution in [0.4, 0.5) is 17.1 Å². The summed E-state index contributed by atoms with van der Waals surface area (Å²) in [6.45, 7) is 9.84. The molecule has 1 heteroatoms. The zero-order chi connectivity index (χ0) is 36.9. The molecule has 0 heterocycles. The lowest BCUT2D eigenvalue weighted by molar-refractivity contribution is 0.225. The number of hydrogen-bond donors (Lipinski definition) is 0. The summed E-state index contributed by atoms with van der Waals surface area (Å²) in [5.74, 6) is 2.77. The van der Waals surface area contributed by atoms with Crippen LogP contribution < -0.4 is 4.90 Å². The number of anilines is 3. The number of hydrogen-bond acceptors (Lipinski definition) is 1. The molecule has 0 aromatic heterocycles. The minimum atomic E-state index is -0.234. The van der Waals surface area contributed by atoms with Crippen LogP contribution in [-0.2, 0) is 10.8 Å². The van der Waals surface area contributed by atoms with Gasteiger partial charge in [-0.25, -0.2) is 0 Å². The van der Waals surface area contributed by atoms with Crippen LogP contribution in [0.25, 0.3) is 33.4 Å². The Morgan fingerprint density at radius 3 is 2.00 bits per heavy atom. The highest BCUT2D eigenvalue weighted by molar-refractivity contribution is 5.94. The Kier molecular flexibility index (Phi) is 7.51. The quantitative estimate of drug-likeness (QED) is 0.155. The van der Waals surface area contributed by atoms with Crippen LogP contribution in [0.3, 0.4) is 0 Å². The van der Waals surface area contributed by atoms with Gasteiger partial charge in [-0.1, -0.05) is 154 Å². The first-order valence-corrected chi connectivity index (χ1v) is 21.2. The molecule has 0 saturated heterocycles. The fourth-order valence-corrected chi connectivity index (χ4v) is 13.0. The Morgan fingerprint density at radius 1 is 0.600 bits per heavy atom. The maximum Gasteiger partial charge on any atom is 0.0512 e. The Hall–Kier alpha value is -5.14. The van der Waals surface area contributed by atoms with Crippen molar-refractivity contribution in [2.45, 2.75) is 76.0 Å². The molecule has 0 radical (unpaired) electrons. The van der Waals surface area contributed by atoms with Crippen LogP contribution in [0.15, 0.2) is 152 Å². The fraction of sp³-hybridized carbons (Fsp3) is 0.296. The number of rotatable bonds is 6. The molecule has 6 atom stereocenters. The van der Waals surface area contributed by atoms with Crippen molar-refractivity contribution < 1.29 is 0 Å². The second-order valence-corrected chi connectivity index (χ2v) is 17.6. The van der Waals surface area contributed by atoms with Gasteiger partial charge in [0.2, 0.25) is 0 Å². The Bertz CT molecular complexity index is 2470. The first-order valence-electron chi connectivity index (χ1n) is 21.2. The van der Waals surface area contributed by atoms with Crippen LogP contribution in [-0.4, -0.2) is 0 Å². The van der Waals surface area contributed by atoms with Crippen molar-refractivity contribution in [3.05, 3.63) is 174 Å². The Morgan fingerprint density at radius 2 is 1.27 bits per heavy atom. The summed E-state index contributed by atoms with van der Waals surface area (Å²) < 4.78 is 0. The lowest BCUT2D eigenvalue weighted by atomic mass is 9.55. The average molecular weight is 714 g/mol. The summed E-state index contributed by atoms with van der Waals surface area (Å²) in [4.78, 5) is 2.61. The molecule has 6 aromatic carbocycles. The molecule has 5 aliphatic rings. The number of fused-ring (bicyclic) bond motifs is 13. The lowest BCUT2D eigenvalue weighted by Gasteiger charge is -2.49. The van der Waals surface area contributed by atoms with Crippen LogP contribution in [0, 0.1) is 23.7 Å². The third kappa shape index (κ3) is 4.53. The minimum Gasteiger partial charge on any atom is -0.310 e. The molecule has 0 aliphatic heterocycles. The molecule has 6 aromatic rings. The first kappa shape index (κ1) is 33.2. The van der Waals surface area contributed by atoms with E-state index in [0.29, 0.717) is 11.8 Å². The molecule has 0 N–H and O–H groups in total. The van der Waals surface area contributed by atoms with E-state index in [-0.39, 0.29) is 10.8 Å². The summed E-state index contributed by atoms with van der Waals surface area (Å²) in [6.07, 6.45) is 10.1. The molecule has 2 spiro atoms. The smallest absolute Gasteiger partial charge is 0.0512 e. The number of benzene rings is 6. The largest absolute Gasteiger partial charge is 0.310 e. The van der Waals surface area contributed by atoms with Crippen LogP contribution in [0.2, 0.25) is 0 Å². The van der Waals surface area contributed by atoms with Crippen molar-refractivity contribution in [3.63, 3.8) is 0 Å². The molecular weight excluding hydrogens is 663 g/mol. The van der Waals surface area contributed by atoms with Crippen molar-refractivity contribution in [2.75, 3.05) is 4.90 Å². The standard InChI is InChI=1S/C54H51N/c1-4-36-30-35(3)54(40(5-2)31-36)50-20-12-10-16-44(50)46-18-13-21-51(52(46)54)55(42-26-23-39(24-27-42)38-14-7-6-8-15-38)43-28-29-49-47(33-43)45-17-9-11-19-48(45)53(49)34-37-22-25-41(53)32-37/h6-21,23-24,26-29,33,36-37,40-41H,3-5,22,25,30-32,34H2,1-2H3. The molecule has 6 unspecified atom stereocenters. The summed E-state index contributed by atoms with van der Waals surface area (Å²) >= 11 is 0. The molecule has 272 valence electrons. The SMILES string of the molecule is C=C1CC(CC)CC(CC)C12c1ccccc1-c1cccc(N(c3ccc(-c4ccccc4)cc3)c3ccc4c(c3)-c3ccccc3C43CC4CCC3C4)c12. The highest BCUT2D eigenvalue weighted by Crippen LogP contribution is 2.67. The maximum absolute atomic E-state index is 5.05. The predicted octanol–water partition coefficient (Wildman–Crippen LogP) is 14.6. The lowest BCUT2D eigenvalue weighted by Crippen LogP contribution is -2.42. The van der Waals surface area contributed by atoms with Gasteiger partial charge in [0.05, 0.1) is 5.69 Å². The van der Waals surface area contributed by atoms with Gasteiger partial charge in [-0.05, 0) is 142 Å². The molecular formula is C54H51N. The number of nitrogens with zero attached hydrogens (tertiary/aromatic N) is 1. The van der Waals surface area contributed by atoms with Crippen molar-refractivity contribution in [2.24, 2.45) is 23.7 Å². The van der Waals surface area contributed by atoms with Gasteiger partial charge in [-0.3, -0.25) is 0 Å². The van der Waals surface area contributed by atoms with E-state index in [1.54, 1.807) is 11.1 Å². The highest BCUT2D eigenvalue weighted by atomic mass is 15.1. The van der Waals surface area contributed by atoms with E-state index < -0.39 is 0 Å². The molecule has 3 fully saturated rings. The zero-order valence-electron chi connectivity index (χ0n) is 32.4. The van der Waals surface area contributed by atoms with E-state index in [0.717, 1.165) is 24.7 Å². The van der Waals surface area contributed by atoms with Gasteiger partial charge in [-0.15, -0.1) is 0 Å². The maximum atomic E-state index is 5.05. The Balaban J connectivity index is 1.15. The van der Waals surface area contributed by atoms with Crippen LogP contribution in [0.5, 0.6) is 0 Å². The van der Waals surface area contributed by atoms with E-state index in [1.165, 1.54) is 106 Å². The van der Waals surface area contributed by atoms with E-state index in [4.69, 9.17) is 6.58 Å². The van der Waals surface area contributed by atoms with Crippen molar-refractivity contribution in [1.29, 1.82) is 0 Å². The molecule has 1 nitrogen and oxygen atoms in total. The van der Waals surface area contributed by atoms with Gasteiger partial charge in [0.25, 0.3) is 0 Å². The molecule has 0 amide bonds. The summed E-state index contributed by atoms with van der Waals surface area (Å²) in [5, 5.41) is 0. The molecule has 5 aliphatic carbocycles.